The van der Waals surface area contributed by atoms with Crippen LogP contribution in [0.15, 0.2) is 12.1 Å². The second kappa shape index (κ2) is 3.73. The first kappa shape index (κ1) is 9.96. The molecule has 6 heteroatoms. The number of nitro benzene ring substituents is 1. The molecule has 0 aliphatic rings. The van der Waals surface area contributed by atoms with Gasteiger partial charge in [0.25, 0.3) is 5.69 Å². The first-order valence-corrected chi connectivity index (χ1v) is 5.07. The van der Waals surface area contributed by atoms with Gasteiger partial charge in [-0.1, -0.05) is 0 Å². The third-order valence-electron chi connectivity index (χ3n) is 1.27. The van der Waals surface area contributed by atoms with E-state index in [1.54, 1.807) is 6.07 Å². The van der Waals surface area contributed by atoms with E-state index in [0.717, 1.165) is 3.57 Å². The Balaban J connectivity index is 3.37. The Morgan fingerprint density at radius 1 is 1.42 bits per heavy atom. The van der Waals surface area contributed by atoms with E-state index < -0.39 is 4.92 Å². The molecule has 1 rings (SSSR count). The number of benzene rings is 1. The summed E-state index contributed by atoms with van der Waals surface area (Å²) in [7, 11) is 0. The van der Waals surface area contributed by atoms with Crippen molar-refractivity contribution in [1.29, 1.82) is 0 Å². The van der Waals surface area contributed by atoms with Crippen molar-refractivity contribution in [3.05, 3.63) is 29.4 Å². The summed E-state index contributed by atoms with van der Waals surface area (Å²) >= 11 is 3.99. The van der Waals surface area contributed by atoms with Gasteiger partial charge in [0, 0.05) is 13.2 Å². The fourth-order valence-electron chi connectivity index (χ4n) is 0.722. The Kier molecular flexibility index (Phi) is 3.09. The van der Waals surface area contributed by atoms with Gasteiger partial charge in [0.15, 0.2) is 0 Å². The highest BCUT2D eigenvalue weighted by Crippen LogP contribution is 2.28. The smallest absolute Gasteiger partial charge is 0.294 e. The lowest BCUT2D eigenvalue weighted by Crippen LogP contribution is -1.98. The van der Waals surface area contributed by atoms with E-state index in [1.807, 2.05) is 45.2 Å². The molecule has 0 heterocycles. The molecular formula is C6H4I2N2O2. The molecule has 0 aromatic heterocycles. The Bertz CT molecular complexity index is 341. The number of hydrogen-bond acceptors (Lipinski definition) is 3. The molecule has 0 bridgehead atoms. The van der Waals surface area contributed by atoms with E-state index in [1.165, 1.54) is 6.07 Å². The molecule has 2 N–H and O–H groups in total. The standard InChI is InChI=1S/C6H4I2N2O2/c7-3-1-4(8)6(9)5(2-3)10(11)12/h1-2H,9H2. The molecule has 0 saturated heterocycles. The number of hydrogen-bond donors (Lipinski definition) is 1. The van der Waals surface area contributed by atoms with Crippen LogP contribution in [0.25, 0.3) is 0 Å². The minimum Gasteiger partial charge on any atom is -0.392 e. The van der Waals surface area contributed by atoms with Crippen molar-refractivity contribution < 1.29 is 4.92 Å². The maximum Gasteiger partial charge on any atom is 0.294 e. The fraction of sp³-hybridized carbons (Fsp3) is 0. The van der Waals surface area contributed by atoms with Crippen molar-refractivity contribution in [2.45, 2.75) is 0 Å². The largest absolute Gasteiger partial charge is 0.392 e. The highest BCUT2D eigenvalue weighted by molar-refractivity contribution is 14.1. The van der Waals surface area contributed by atoms with Gasteiger partial charge in [-0.25, -0.2) is 0 Å². The van der Waals surface area contributed by atoms with Crippen LogP contribution in [0.5, 0.6) is 0 Å². The summed E-state index contributed by atoms with van der Waals surface area (Å²) in [6.45, 7) is 0. The summed E-state index contributed by atoms with van der Waals surface area (Å²) in [6.07, 6.45) is 0. The van der Waals surface area contributed by atoms with E-state index in [9.17, 15) is 10.1 Å². The van der Waals surface area contributed by atoms with E-state index in [2.05, 4.69) is 0 Å². The van der Waals surface area contributed by atoms with E-state index in [0.29, 0.717) is 3.57 Å². The lowest BCUT2D eigenvalue weighted by molar-refractivity contribution is -0.384. The average molecular weight is 390 g/mol. The van der Waals surface area contributed by atoms with Crippen LogP contribution in [0.2, 0.25) is 0 Å². The second-order valence-electron chi connectivity index (χ2n) is 2.08. The van der Waals surface area contributed by atoms with E-state index >= 15 is 0 Å². The Hall–Kier alpha value is -0.120. The molecule has 1 aromatic rings. The van der Waals surface area contributed by atoms with E-state index in [4.69, 9.17) is 5.73 Å². The maximum atomic E-state index is 10.4. The SMILES string of the molecule is Nc1c(I)cc(I)cc1[N+](=O)[O-]. The van der Waals surface area contributed by atoms with Gasteiger partial charge in [-0.05, 0) is 51.2 Å². The molecule has 0 amide bonds. The lowest BCUT2D eigenvalue weighted by Gasteiger charge is -2.00. The van der Waals surface area contributed by atoms with Crippen molar-refractivity contribution in [2.24, 2.45) is 0 Å². The van der Waals surface area contributed by atoms with Crippen molar-refractivity contribution >= 4 is 56.6 Å². The molecule has 0 atom stereocenters. The van der Waals surface area contributed by atoms with Gasteiger partial charge in [-0.3, -0.25) is 10.1 Å². The Labute approximate surface area is 95.9 Å². The van der Waals surface area contributed by atoms with Gasteiger partial charge < -0.3 is 5.73 Å². The number of nitrogens with zero attached hydrogens (tertiary/aromatic N) is 1. The van der Waals surface area contributed by atoms with Crippen molar-refractivity contribution in [3.63, 3.8) is 0 Å². The quantitative estimate of drug-likeness (QED) is 0.347. The number of rotatable bonds is 1. The molecule has 0 aliphatic carbocycles. The van der Waals surface area contributed by atoms with Gasteiger partial charge in [0.2, 0.25) is 0 Å². The van der Waals surface area contributed by atoms with Crippen LogP contribution in [0.4, 0.5) is 11.4 Å². The summed E-state index contributed by atoms with van der Waals surface area (Å²) in [5, 5.41) is 10.4. The van der Waals surface area contributed by atoms with Crippen LogP contribution in [-0.2, 0) is 0 Å². The number of nitro groups is 1. The second-order valence-corrected chi connectivity index (χ2v) is 4.49. The van der Waals surface area contributed by atoms with Crippen LogP contribution < -0.4 is 5.73 Å². The van der Waals surface area contributed by atoms with Gasteiger partial charge >= 0.3 is 0 Å². The number of halogens is 2. The van der Waals surface area contributed by atoms with E-state index in [-0.39, 0.29) is 11.4 Å². The molecule has 4 nitrogen and oxygen atoms in total. The highest BCUT2D eigenvalue weighted by atomic mass is 127. The summed E-state index contributed by atoms with van der Waals surface area (Å²) in [5.41, 5.74) is 5.72. The first-order valence-electron chi connectivity index (χ1n) is 2.91. The highest BCUT2D eigenvalue weighted by Gasteiger charge is 2.14. The maximum absolute atomic E-state index is 10.4. The minimum atomic E-state index is -0.473. The monoisotopic (exact) mass is 390 g/mol. The van der Waals surface area contributed by atoms with Crippen LogP contribution in [0.3, 0.4) is 0 Å². The lowest BCUT2D eigenvalue weighted by atomic mass is 10.3. The van der Waals surface area contributed by atoms with Crippen LogP contribution in [0.1, 0.15) is 0 Å². The van der Waals surface area contributed by atoms with Crippen molar-refractivity contribution in [3.8, 4) is 0 Å². The average Bonchev–Trinajstić information content (AvgIpc) is 1.96. The predicted octanol–water partition coefficient (Wildman–Crippen LogP) is 2.39. The van der Waals surface area contributed by atoms with Gasteiger partial charge in [0.1, 0.15) is 5.69 Å². The molecule has 1 aromatic carbocycles. The van der Waals surface area contributed by atoms with Crippen LogP contribution >= 0.6 is 45.2 Å². The third-order valence-corrected chi connectivity index (χ3v) is 2.78. The molecule has 0 saturated carbocycles. The first-order chi connectivity index (χ1) is 5.52. The van der Waals surface area contributed by atoms with Gasteiger partial charge in [-0.2, -0.15) is 0 Å². The minimum absolute atomic E-state index is 0.0219. The molecule has 0 unspecified atom stereocenters. The molecule has 12 heavy (non-hydrogen) atoms. The molecule has 0 fully saturated rings. The Morgan fingerprint density at radius 3 is 2.50 bits per heavy atom. The van der Waals surface area contributed by atoms with Crippen molar-refractivity contribution in [1.82, 2.24) is 0 Å². The zero-order chi connectivity index (χ0) is 9.30. The van der Waals surface area contributed by atoms with Crippen molar-refractivity contribution in [2.75, 3.05) is 5.73 Å². The number of nitrogen functional groups attached to an aromatic ring is 1. The zero-order valence-corrected chi connectivity index (χ0v) is 10.1. The summed E-state index contributed by atoms with van der Waals surface area (Å²) in [5.74, 6) is 0. The molecule has 0 aliphatic heterocycles. The van der Waals surface area contributed by atoms with Crippen LogP contribution in [0, 0.1) is 17.3 Å². The van der Waals surface area contributed by atoms with Crippen LogP contribution in [-0.4, -0.2) is 4.92 Å². The molecule has 64 valence electrons. The van der Waals surface area contributed by atoms with Gasteiger partial charge in [0.05, 0.1) is 4.92 Å². The summed E-state index contributed by atoms with van der Waals surface area (Å²) in [6, 6.07) is 3.25. The van der Waals surface area contributed by atoms with Gasteiger partial charge in [-0.15, -0.1) is 0 Å². The zero-order valence-electron chi connectivity index (χ0n) is 5.75. The normalized spacial score (nSPS) is 9.83. The third kappa shape index (κ3) is 1.97. The predicted molar refractivity (Wildman–Crippen MR) is 62.9 cm³/mol. The summed E-state index contributed by atoms with van der Waals surface area (Å²) in [4.78, 5) is 9.97. The molecule has 0 radical (unpaired) electrons. The molecule has 0 spiro atoms. The number of anilines is 1. The Morgan fingerprint density at radius 2 is 2.00 bits per heavy atom. The summed E-state index contributed by atoms with van der Waals surface area (Å²) < 4.78 is 1.53. The molecular weight excluding hydrogens is 386 g/mol. The topological polar surface area (TPSA) is 69.2 Å². The number of nitrogens with two attached hydrogens (primary N) is 1. The fourth-order valence-corrected chi connectivity index (χ4v) is 2.54.